The van der Waals surface area contributed by atoms with E-state index >= 15 is 0 Å². The van der Waals surface area contributed by atoms with Crippen molar-refractivity contribution < 1.29 is 0 Å². The number of nitrogens with one attached hydrogen (secondary N) is 1. The van der Waals surface area contributed by atoms with Gasteiger partial charge in [0.1, 0.15) is 10.8 Å². The van der Waals surface area contributed by atoms with Crippen LogP contribution < -0.4 is 5.32 Å². The third-order valence-electron chi connectivity index (χ3n) is 5.72. The summed E-state index contributed by atoms with van der Waals surface area (Å²) >= 11 is 13.9. The van der Waals surface area contributed by atoms with Gasteiger partial charge in [0.15, 0.2) is 0 Å². The van der Waals surface area contributed by atoms with E-state index < -0.39 is 0 Å². The van der Waals surface area contributed by atoms with E-state index in [1.807, 2.05) is 25.3 Å². The Bertz CT molecular complexity index is 818. The molecule has 2 bridgehead atoms. The average Bonchev–Trinajstić information content (AvgIpc) is 2.62. The Morgan fingerprint density at radius 2 is 1.93 bits per heavy atom. The molecule has 0 spiro atoms. The Hall–Kier alpha value is -1.01. The number of fused-ring (bicyclic) bond motifs is 2. The number of benzene rings is 1. The minimum absolute atomic E-state index is 0.478. The molecule has 1 N–H and O–H groups in total. The Kier molecular flexibility index (Phi) is 5.83. The molecular formula is C20H24Cl2N4S. The highest BCUT2D eigenvalue weighted by Gasteiger charge is 2.36. The maximum atomic E-state index is 6.30. The van der Waals surface area contributed by atoms with E-state index in [9.17, 15) is 0 Å². The summed E-state index contributed by atoms with van der Waals surface area (Å²) in [4.78, 5) is 12.8. The van der Waals surface area contributed by atoms with Gasteiger partial charge in [-0.2, -0.15) is 0 Å². The fourth-order valence-electron chi connectivity index (χ4n) is 4.25. The standard InChI is InChI=1S/C20H24Cl2N4S/c1-12-20(27-17-8-4-7-16(21)19(17)22)23-11-18(24-12)25-13-9-14-5-3-6-15(10-13)26(14)2/h4,7-8,11,13-15H,3,5-6,9-10H2,1-2H3,(H,24,25)/t13-,14-,15+. The minimum atomic E-state index is 0.478. The van der Waals surface area contributed by atoms with Crippen LogP contribution in [0.1, 0.15) is 37.8 Å². The smallest absolute Gasteiger partial charge is 0.145 e. The second-order valence-corrected chi connectivity index (χ2v) is 9.33. The van der Waals surface area contributed by atoms with Gasteiger partial charge in [0.25, 0.3) is 0 Å². The largest absolute Gasteiger partial charge is 0.366 e. The van der Waals surface area contributed by atoms with Crippen molar-refractivity contribution in [3.8, 4) is 0 Å². The lowest BCUT2D eigenvalue weighted by Crippen LogP contribution is -2.52. The van der Waals surface area contributed by atoms with Crippen molar-refractivity contribution >= 4 is 40.8 Å². The molecule has 0 radical (unpaired) electrons. The maximum absolute atomic E-state index is 6.30. The number of piperidine rings is 2. The zero-order chi connectivity index (χ0) is 19.0. The van der Waals surface area contributed by atoms with Gasteiger partial charge < -0.3 is 10.2 Å². The lowest BCUT2D eigenvalue weighted by molar-refractivity contribution is 0.0608. The van der Waals surface area contributed by atoms with E-state index in [1.54, 1.807) is 6.07 Å². The molecule has 0 unspecified atom stereocenters. The second kappa shape index (κ2) is 8.16. The molecule has 144 valence electrons. The number of hydrogen-bond donors (Lipinski definition) is 1. The lowest BCUT2D eigenvalue weighted by atomic mass is 9.82. The van der Waals surface area contributed by atoms with Crippen LogP contribution in [-0.4, -0.2) is 40.0 Å². The summed E-state index contributed by atoms with van der Waals surface area (Å²) in [6.07, 6.45) is 8.19. The predicted molar refractivity (Wildman–Crippen MR) is 113 cm³/mol. The first-order valence-corrected chi connectivity index (χ1v) is 11.0. The highest BCUT2D eigenvalue weighted by Crippen LogP contribution is 2.37. The monoisotopic (exact) mass is 422 g/mol. The Morgan fingerprint density at radius 1 is 1.19 bits per heavy atom. The molecule has 0 saturated carbocycles. The van der Waals surface area contributed by atoms with Crippen molar-refractivity contribution in [2.45, 2.75) is 67.1 Å². The molecule has 2 aliphatic heterocycles. The van der Waals surface area contributed by atoms with Crippen molar-refractivity contribution in [1.82, 2.24) is 14.9 Å². The molecule has 2 saturated heterocycles. The Morgan fingerprint density at radius 3 is 2.63 bits per heavy atom. The van der Waals surface area contributed by atoms with E-state index in [1.165, 1.54) is 43.9 Å². The summed E-state index contributed by atoms with van der Waals surface area (Å²) in [5.41, 5.74) is 0.897. The van der Waals surface area contributed by atoms with Crippen molar-refractivity contribution in [3.05, 3.63) is 40.1 Å². The summed E-state index contributed by atoms with van der Waals surface area (Å²) in [6.45, 7) is 1.99. The molecule has 2 aromatic rings. The topological polar surface area (TPSA) is 41.1 Å². The molecule has 3 heterocycles. The van der Waals surface area contributed by atoms with E-state index in [-0.39, 0.29) is 0 Å². The molecule has 2 aliphatic rings. The fourth-order valence-corrected chi connectivity index (χ4v) is 5.58. The normalized spacial score (nSPS) is 25.4. The van der Waals surface area contributed by atoms with Crippen LogP contribution in [0.4, 0.5) is 5.82 Å². The molecule has 7 heteroatoms. The van der Waals surface area contributed by atoms with Crippen LogP contribution in [0, 0.1) is 6.92 Å². The van der Waals surface area contributed by atoms with Crippen LogP contribution >= 0.6 is 35.0 Å². The number of aryl methyl sites for hydroxylation is 1. The number of aromatic nitrogens is 2. The van der Waals surface area contributed by atoms with Crippen LogP contribution in [0.15, 0.2) is 34.3 Å². The number of rotatable bonds is 4. The quantitative estimate of drug-likeness (QED) is 0.686. The number of halogens is 2. The van der Waals surface area contributed by atoms with Gasteiger partial charge in [-0.25, -0.2) is 9.97 Å². The van der Waals surface area contributed by atoms with Gasteiger partial charge in [0.05, 0.1) is 21.9 Å². The van der Waals surface area contributed by atoms with Gasteiger partial charge in [-0.15, -0.1) is 0 Å². The van der Waals surface area contributed by atoms with Crippen LogP contribution in [0.3, 0.4) is 0 Å². The molecule has 0 aliphatic carbocycles. The van der Waals surface area contributed by atoms with Crippen molar-refractivity contribution in [2.24, 2.45) is 0 Å². The first-order chi connectivity index (χ1) is 13.0. The first-order valence-electron chi connectivity index (χ1n) is 9.45. The molecular weight excluding hydrogens is 399 g/mol. The SMILES string of the molecule is Cc1nc(N[C@@H]2C[C@H]3CCC[C@@H](C2)N3C)cnc1Sc1cccc(Cl)c1Cl. The Labute approximate surface area is 175 Å². The van der Waals surface area contributed by atoms with E-state index in [4.69, 9.17) is 28.2 Å². The zero-order valence-electron chi connectivity index (χ0n) is 15.6. The first kappa shape index (κ1) is 19.3. The third-order valence-corrected chi connectivity index (χ3v) is 7.80. The highest BCUT2D eigenvalue weighted by atomic mass is 35.5. The summed E-state index contributed by atoms with van der Waals surface area (Å²) in [7, 11) is 2.28. The van der Waals surface area contributed by atoms with E-state index in [0.29, 0.717) is 28.2 Å². The summed E-state index contributed by atoms with van der Waals surface area (Å²) in [5, 5.41) is 5.59. The molecule has 0 amide bonds. The van der Waals surface area contributed by atoms with Gasteiger partial charge in [-0.1, -0.05) is 47.5 Å². The molecule has 4 nitrogen and oxygen atoms in total. The van der Waals surface area contributed by atoms with Crippen molar-refractivity contribution in [1.29, 1.82) is 0 Å². The minimum Gasteiger partial charge on any atom is -0.366 e. The summed E-state index contributed by atoms with van der Waals surface area (Å²) in [6, 6.07) is 7.50. The third kappa shape index (κ3) is 4.21. The number of hydrogen-bond acceptors (Lipinski definition) is 5. The number of nitrogens with zero attached hydrogens (tertiary/aromatic N) is 3. The van der Waals surface area contributed by atoms with Gasteiger partial charge in [-0.05, 0) is 51.8 Å². The van der Waals surface area contributed by atoms with E-state index in [2.05, 4.69) is 22.2 Å². The lowest BCUT2D eigenvalue weighted by Gasteiger charge is -2.47. The van der Waals surface area contributed by atoms with Crippen LogP contribution in [0.25, 0.3) is 0 Å². The molecule has 4 rings (SSSR count). The zero-order valence-corrected chi connectivity index (χ0v) is 17.9. The molecule has 2 fully saturated rings. The second-order valence-electron chi connectivity index (χ2n) is 7.52. The van der Waals surface area contributed by atoms with Gasteiger partial charge in [0.2, 0.25) is 0 Å². The number of anilines is 1. The van der Waals surface area contributed by atoms with Gasteiger partial charge in [-0.3, -0.25) is 0 Å². The molecule has 1 aromatic heterocycles. The molecule has 1 aromatic carbocycles. The van der Waals surface area contributed by atoms with Crippen molar-refractivity contribution in [3.63, 3.8) is 0 Å². The van der Waals surface area contributed by atoms with E-state index in [0.717, 1.165) is 21.4 Å². The predicted octanol–water partition coefficient (Wildman–Crippen LogP) is 5.67. The summed E-state index contributed by atoms with van der Waals surface area (Å²) in [5.74, 6) is 0.863. The van der Waals surface area contributed by atoms with Crippen LogP contribution in [-0.2, 0) is 0 Å². The molecule has 3 atom stereocenters. The highest BCUT2D eigenvalue weighted by molar-refractivity contribution is 7.99. The van der Waals surface area contributed by atoms with Gasteiger partial charge >= 0.3 is 0 Å². The Balaban J connectivity index is 1.45. The van der Waals surface area contributed by atoms with Crippen LogP contribution in [0.5, 0.6) is 0 Å². The maximum Gasteiger partial charge on any atom is 0.145 e. The summed E-state index contributed by atoms with van der Waals surface area (Å²) < 4.78 is 0. The van der Waals surface area contributed by atoms with Crippen LogP contribution in [0.2, 0.25) is 10.0 Å². The fraction of sp³-hybridized carbons (Fsp3) is 0.500. The van der Waals surface area contributed by atoms with Crippen molar-refractivity contribution in [2.75, 3.05) is 12.4 Å². The van der Waals surface area contributed by atoms with Gasteiger partial charge in [0, 0.05) is 23.0 Å². The average molecular weight is 423 g/mol. The molecule has 27 heavy (non-hydrogen) atoms.